The highest BCUT2D eigenvalue weighted by Crippen LogP contribution is 2.32. The first-order valence-electron chi connectivity index (χ1n) is 5.38. The van der Waals surface area contributed by atoms with Crippen molar-refractivity contribution in [1.29, 1.82) is 0 Å². The molecule has 0 fully saturated rings. The summed E-state index contributed by atoms with van der Waals surface area (Å²) in [6.07, 6.45) is 0.425. The molecule has 0 aliphatic carbocycles. The van der Waals surface area contributed by atoms with Crippen LogP contribution in [0.3, 0.4) is 0 Å². The summed E-state index contributed by atoms with van der Waals surface area (Å²) >= 11 is 11.9. The summed E-state index contributed by atoms with van der Waals surface area (Å²) in [5, 5.41) is 14.8. The highest BCUT2D eigenvalue weighted by atomic mass is 35.5. The lowest BCUT2D eigenvalue weighted by molar-refractivity contribution is 0.208. The number of aliphatic hydroxyl groups excluding tert-OH is 1. The largest absolute Gasteiger partial charge is 0.382 e. The van der Waals surface area contributed by atoms with E-state index in [0.717, 1.165) is 6.07 Å². The number of aliphatic hydroxyl groups is 1. The monoisotopic (exact) mass is 288 g/mol. The Morgan fingerprint density at radius 2 is 2.11 bits per heavy atom. The second-order valence-corrected chi connectivity index (χ2v) is 4.58. The van der Waals surface area contributed by atoms with E-state index in [0.29, 0.717) is 22.8 Å². The first kappa shape index (κ1) is 13.3. The Kier molecular flexibility index (Phi) is 3.90. The third kappa shape index (κ3) is 2.36. The molecule has 0 spiro atoms. The Labute approximate surface area is 114 Å². The van der Waals surface area contributed by atoms with Gasteiger partial charge in [-0.2, -0.15) is 5.10 Å². The maximum absolute atomic E-state index is 13.0. The van der Waals surface area contributed by atoms with Crippen molar-refractivity contribution in [3.8, 4) is 0 Å². The molecule has 0 saturated heterocycles. The Balaban J connectivity index is 2.47. The predicted molar refractivity (Wildman–Crippen MR) is 68.4 cm³/mol. The Morgan fingerprint density at radius 1 is 1.39 bits per heavy atom. The Hall–Kier alpha value is -1.10. The molecule has 1 aromatic carbocycles. The molecule has 3 nitrogen and oxygen atoms in total. The van der Waals surface area contributed by atoms with E-state index in [4.69, 9.17) is 23.2 Å². The fourth-order valence-electron chi connectivity index (χ4n) is 1.77. The molecule has 0 saturated carbocycles. The molecule has 6 heteroatoms. The molecule has 2 rings (SSSR count). The number of hydrogen-bond donors (Lipinski definition) is 1. The zero-order valence-corrected chi connectivity index (χ0v) is 11.1. The van der Waals surface area contributed by atoms with Gasteiger partial charge in [-0.05, 0) is 19.1 Å². The smallest absolute Gasteiger partial charge is 0.124 e. The minimum absolute atomic E-state index is 0.155. The SMILES string of the molecule is CCn1ncc(Cl)c1C(O)c1ccc(F)cc1Cl. The van der Waals surface area contributed by atoms with E-state index in [1.54, 1.807) is 4.68 Å². The number of benzene rings is 1. The fraction of sp³-hybridized carbons (Fsp3) is 0.250. The number of halogens is 3. The number of aryl methyl sites for hydroxylation is 1. The van der Waals surface area contributed by atoms with Gasteiger partial charge in [0.25, 0.3) is 0 Å². The average Bonchev–Trinajstić information content (AvgIpc) is 2.69. The van der Waals surface area contributed by atoms with Crippen LogP contribution in [0.15, 0.2) is 24.4 Å². The summed E-state index contributed by atoms with van der Waals surface area (Å²) in [6, 6.07) is 3.83. The van der Waals surface area contributed by atoms with Crippen LogP contribution in [0.5, 0.6) is 0 Å². The first-order valence-corrected chi connectivity index (χ1v) is 6.14. The number of aromatic nitrogens is 2. The first-order chi connectivity index (χ1) is 8.54. The standard InChI is InChI=1S/C12H11Cl2FN2O/c1-2-17-11(10(14)6-16-17)12(18)8-4-3-7(15)5-9(8)13/h3-6,12,18H,2H2,1H3. The topological polar surface area (TPSA) is 38.0 Å². The molecule has 1 aromatic heterocycles. The third-order valence-electron chi connectivity index (χ3n) is 2.65. The van der Waals surface area contributed by atoms with E-state index in [9.17, 15) is 9.50 Å². The van der Waals surface area contributed by atoms with Crippen LogP contribution in [0.1, 0.15) is 24.3 Å². The van der Waals surface area contributed by atoms with Gasteiger partial charge >= 0.3 is 0 Å². The van der Waals surface area contributed by atoms with Gasteiger partial charge < -0.3 is 5.11 Å². The van der Waals surface area contributed by atoms with Crippen LogP contribution in [-0.4, -0.2) is 14.9 Å². The van der Waals surface area contributed by atoms with Crippen molar-refractivity contribution in [2.45, 2.75) is 19.6 Å². The van der Waals surface area contributed by atoms with Crippen LogP contribution in [0.25, 0.3) is 0 Å². The molecule has 96 valence electrons. The summed E-state index contributed by atoms with van der Waals surface area (Å²) in [4.78, 5) is 0. The summed E-state index contributed by atoms with van der Waals surface area (Å²) in [7, 11) is 0. The molecule has 1 heterocycles. The van der Waals surface area contributed by atoms with Crippen LogP contribution in [0.4, 0.5) is 4.39 Å². The molecular weight excluding hydrogens is 278 g/mol. The van der Waals surface area contributed by atoms with Crippen LogP contribution < -0.4 is 0 Å². The number of nitrogens with zero attached hydrogens (tertiary/aromatic N) is 2. The third-order valence-corrected chi connectivity index (χ3v) is 3.27. The van der Waals surface area contributed by atoms with Crippen molar-refractivity contribution < 1.29 is 9.50 Å². The second-order valence-electron chi connectivity index (χ2n) is 3.76. The van der Waals surface area contributed by atoms with Crippen LogP contribution in [0, 0.1) is 5.82 Å². The van der Waals surface area contributed by atoms with Gasteiger partial charge in [0.2, 0.25) is 0 Å². The molecule has 18 heavy (non-hydrogen) atoms. The minimum atomic E-state index is -1.03. The molecule has 0 aliphatic heterocycles. The number of hydrogen-bond acceptors (Lipinski definition) is 2. The lowest BCUT2D eigenvalue weighted by Crippen LogP contribution is -2.10. The van der Waals surface area contributed by atoms with Crippen LogP contribution in [0.2, 0.25) is 10.0 Å². The van der Waals surface area contributed by atoms with E-state index in [1.165, 1.54) is 18.3 Å². The van der Waals surface area contributed by atoms with E-state index in [1.807, 2.05) is 6.92 Å². The summed E-state index contributed by atoms with van der Waals surface area (Å²) in [5.41, 5.74) is 0.850. The zero-order chi connectivity index (χ0) is 13.3. The summed E-state index contributed by atoms with van der Waals surface area (Å²) in [5.74, 6) is -0.453. The minimum Gasteiger partial charge on any atom is -0.382 e. The summed E-state index contributed by atoms with van der Waals surface area (Å²) < 4.78 is 14.5. The van der Waals surface area contributed by atoms with E-state index in [-0.39, 0.29) is 5.02 Å². The zero-order valence-electron chi connectivity index (χ0n) is 9.57. The number of rotatable bonds is 3. The van der Waals surface area contributed by atoms with E-state index >= 15 is 0 Å². The van der Waals surface area contributed by atoms with Crippen LogP contribution >= 0.6 is 23.2 Å². The molecule has 1 atom stereocenters. The van der Waals surface area contributed by atoms with Gasteiger partial charge in [0, 0.05) is 17.1 Å². The summed E-state index contributed by atoms with van der Waals surface area (Å²) in [6.45, 7) is 2.45. The molecule has 0 aliphatic rings. The van der Waals surface area contributed by atoms with Crippen molar-refractivity contribution in [3.05, 3.63) is 51.5 Å². The van der Waals surface area contributed by atoms with E-state index < -0.39 is 11.9 Å². The maximum Gasteiger partial charge on any atom is 0.124 e. The van der Waals surface area contributed by atoms with Crippen molar-refractivity contribution >= 4 is 23.2 Å². The van der Waals surface area contributed by atoms with Gasteiger partial charge in [0.1, 0.15) is 11.9 Å². The Bertz CT molecular complexity index is 571. The van der Waals surface area contributed by atoms with E-state index in [2.05, 4.69) is 5.10 Å². The molecule has 0 radical (unpaired) electrons. The van der Waals surface area contributed by atoms with Gasteiger partial charge in [0.15, 0.2) is 0 Å². The van der Waals surface area contributed by atoms with Crippen molar-refractivity contribution in [2.75, 3.05) is 0 Å². The van der Waals surface area contributed by atoms with Crippen LogP contribution in [-0.2, 0) is 6.54 Å². The average molecular weight is 289 g/mol. The normalized spacial score (nSPS) is 12.7. The molecule has 0 amide bonds. The molecule has 1 N–H and O–H groups in total. The van der Waals surface area contributed by atoms with Gasteiger partial charge in [0.05, 0.1) is 16.9 Å². The Morgan fingerprint density at radius 3 is 2.72 bits per heavy atom. The second kappa shape index (κ2) is 5.26. The molecular formula is C12H11Cl2FN2O. The van der Waals surface area contributed by atoms with Crippen molar-refractivity contribution in [3.63, 3.8) is 0 Å². The molecule has 2 aromatic rings. The maximum atomic E-state index is 13.0. The lowest BCUT2D eigenvalue weighted by atomic mass is 10.1. The highest BCUT2D eigenvalue weighted by Gasteiger charge is 2.21. The van der Waals surface area contributed by atoms with Gasteiger partial charge in [-0.3, -0.25) is 4.68 Å². The highest BCUT2D eigenvalue weighted by molar-refractivity contribution is 6.32. The van der Waals surface area contributed by atoms with Gasteiger partial charge in [-0.25, -0.2) is 4.39 Å². The van der Waals surface area contributed by atoms with Crippen molar-refractivity contribution in [1.82, 2.24) is 9.78 Å². The lowest BCUT2D eigenvalue weighted by Gasteiger charge is -2.15. The predicted octanol–water partition coefficient (Wildman–Crippen LogP) is 3.43. The quantitative estimate of drug-likeness (QED) is 0.940. The molecule has 0 bridgehead atoms. The van der Waals surface area contributed by atoms with Gasteiger partial charge in [-0.1, -0.05) is 29.3 Å². The molecule has 1 unspecified atom stereocenters. The van der Waals surface area contributed by atoms with Crippen molar-refractivity contribution in [2.24, 2.45) is 0 Å². The fourth-order valence-corrected chi connectivity index (χ4v) is 2.28. The van der Waals surface area contributed by atoms with Gasteiger partial charge in [-0.15, -0.1) is 0 Å².